The van der Waals surface area contributed by atoms with Gasteiger partial charge in [0, 0.05) is 32.7 Å². The second-order valence-corrected chi connectivity index (χ2v) is 14.2. The molecule has 5 nitrogen and oxygen atoms in total. The third-order valence-corrected chi connectivity index (χ3v) is 10.9. The third kappa shape index (κ3) is 5.32. The van der Waals surface area contributed by atoms with Crippen LogP contribution in [0, 0.1) is 0 Å². The lowest BCUT2D eigenvalue weighted by Crippen LogP contribution is -2.33. The van der Waals surface area contributed by atoms with Crippen LogP contribution in [0.2, 0.25) is 0 Å². The number of hydrogen-bond acceptors (Lipinski definition) is 4. The molecule has 1 aliphatic heterocycles. The van der Waals surface area contributed by atoms with Crippen molar-refractivity contribution < 1.29 is 4.42 Å². The molecule has 0 saturated carbocycles. The fourth-order valence-electron chi connectivity index (χ4n) is 8.23. The molecule has 0 fully saturated rings. The molecule has 0 aliphatic carbocycles. The number of amidine groups is 2. The number of furan rings is 1. The van der Waals surface area contributed by atoms with Crippen LogP contribution in [-0.4, -0.2) is 16.2 Å². The Kier molecular flexibility index (Phi) is 7.49. The van der Waals surface area contributed by atoms with E-state index in [2.05, 4.69) is 180 Å². The van der Waals surface area contributed by atoms with Crippen LogP contribution in [0.1, 0.15) is 22.9 Å². The lowest BCUT2D eigenvalue weighted by molar-refractivity contribution is 0.666. The van der Waals surface area contributed by atoms with Crippen LogP contribution in [0.4, 0.5) is 0 Å². The van der Waals surface area contributed by atoms with Crippen molar-refractivity contribution in [3.63, 3.8) is 0 Å². The maximum absolute atomic E-state index is 6.58. The van der Waals surface area contributed by atoms with Crippen molar-refractivity contribution in [1.29, 1.82) is 0 Å². The van der Waals surface area contributed by atoms with E-state index in [-0.39, 0.29) is 6.17 Å². The highest BCUT2D eigenvalue weighted by Gasteiger charge is 2.25. The van der Waals surface area contributed by atoms with Gasteiger partial charge in [0.2, 0.25) is 0 Å². The Morgan fingerprint density at radius 1 is 0.482 bits per heavy atom. The van der Waals surface area contributed by atoms with Crippen molar-refractivity contribution in [1.82, 2.24) is 9.88 Å². The van der Waals surface area contributed by atoms with Crippen molar-refractivity contribution in [2.24, 2.45) is 9.98 Å². The molecule has 5 heteroatoms. The van der Waals surface area contributed by atoms with E-state index in [1.807, 2.05) is 24.3 Å². The fourth-order valence-corrected chi connectivity index (χ4v) is 8.23. The zero-order valence-electron chi connectivity index (χ0n) is 30.3. The second-order valence-electron chi connectivity index (χ2n) is 14.2. The van der Waals surface area contributed by atoms with Gasteiger partial charge >= 0.3 is 0 Å². The summed E-state index contributed by atoms with van der Waals surface area (Å²) in [6.07, 6.45) is -0.372. The minimum atomic E-state index is -0.372. The van der Waals surface area contributed by atoms with Crippen molar-refractivity contribution in [3.05, 3.63) is 211 Å². The van der Waals surface area contributed by atoms with Crippen LogP contribution < -0.4 is 5.32 Å². The molecule has 0 saturated heterocycles. The van der Waals surface area contributed by atoms with Crippen LogP contribution in [0.15, 0.2) is 209 Å². The van der Waals surface area contributed by atoms with Crippen LogP contribution in [0.3, 0.4) is 0 Å². The molecule has 264 valence electrons. The van der Waals surface area contributed by atoms with Crippen LogP contribution in [-0.2, 0) is 0 Å². The molecule has 10 aromatic rings. The number of hydrogen-bond donors (Lipinski definition) is 1. The first-order chi connectivity index (χ1) is 27.8. The van der Waals surface area contributed by atoms with Gasteiger partial charge in [-0.15, -0.1) is 0 Å². The summed E-state index contributed by atoms with van der Waals surface area (Å²) < 4.78 is 8.91. The smallest absolute Gasteiger partial charge is 0.160 e. The predicted molar refractivity (Wildman–Crippen MR) is 231 cm³/mol. The number of nitrogens with one attached hydrogen (secondary N) is 1. The lowest BCUT2D eigenvalue weighted by Gasteiger charge is -2.24. The summed E-state index contributed by atoms with van der Waals surface area (Å²) in [5, 5.41) is 8.14. The third-order valence-electron chi connectivity index (χ3n) is 10.9. The second kappa shape index (κ2) is 13.1. The molecule has 11 rings (SSSR count). The quantitative estimate of drug-likeness (QED) is 0.186. The molecule has 0 bridgehead atoms. The monoisotopic (exact) mass is 718 g/mol. The molecule has 8 aromatic carbocycles. The highest BCUT2D eigenvalue weighted by atomic mass is 16.3. The van der Waals surface area contributed by atoms with Crippen LogP contribution >= 0.6 is 0 Å². The first kappa shape index (κ1) is 32.0. The Hall–Kier alpha value is -7.50. The van der Waals surface area contributed by atoms with E-state index >= 15 is 0 Å². The number of aromatic nitrogens is 1. The SMILES string of the molecule is c1ccc(-c2ccc(C3=NC(c4cccc5c4c4ccccc4n5-c4cccc5c4oc4ccccc45)=NC(c4cccc(-c5ccccc5)c4)N3)cc2)cc1. The highest BCUT2D eigenvalue weighted by Crippen LogP contribution is 2.40. The maximum Gasteiger partial charge on any atom is 0.160 e. The summed E-state index contributed by atoms with van der Waals surface area (Å²) in [5.74, 6) is 1.45. The van der Waals surface area contributed by atoms with E-state index in [1.165, 1.54) is 5.56 Å². The molecule has 56 heavy (non-hydrogen) atoms. The molecule has 1 unspecified atom stereocenters. The van der Waals surface area contributed by atoms with Gasteiger partial charge in [-0.3, -0.25) is 0 Å². The van der Waals surface area contributed by atoms with Crippen molar-refractivity contribution in [3.8, 4) is 27.9 Å². The van der Waals surface area contributed by atoms with Gasteiger partial charge in [0.15, 0.2) is 11.4 Å². The maximum atomic E-state index is 6.58. The Balaban J connectivity index is 1.11. The highest BCUT2D eigenvalue weighted by molar-refractivity contribution is 6.23. The van der Waals surface area contributed by atoms with Gasteiger partial charge in [-0.1, -0.05) is 164 Å². The Morgan fingerprint density at radius 2 is 1.09 bits per heavy atom. The topological polar surface area (TPSA) is 54.8 Å². The number of aliphatic imine (C=N–C) groups is 2. The summed E-state index contributed by atoms with van der Waals surface area (Å²) in [5.41, 5.74) is 12.5. The number of rotatable bonds is 6. The largest absolute Gasteiger partial charge is 0.454 e. The van der Waals surface area contributed by atoms with E-state index in [1.54, 1.807) is 0 Å². The number of para-hydroxylation sites is 3. The normalized spacial score (nSPS) is 14.2. The Bertz CT molecular complexity index is 3150. The fraction of sp³-hybridized carbons (Fsp3) is 0.0196. The van der Waals surface area contributed by atoms with Gasteiger partial charge in [-0.25, -0.2) is 9.98 Å². The average Bonchev–Trinajstić information content (AvgIpc) is 3.83. The van der Waals surface area contributed by atoms with Crippen LogP contribution in [0.5, 0.6) is 0 Å². The van der Waals surface area contributed by atoms with Crippen molar-refractivity contribution >= 4 is 55.4 Å². The molecule has 2 aromatic heterocycles. The number of benzene rings is 8. The van der Waals surface area contributed by atoms with Crippen molar-refractivity contribution in [2.75, 3.05) is 0 Å². The van der Waals surface area contributed by atoms with E-state index in [4.69, 9.17) is 14.4 Å². The van der Waals surface area contributed by atoms with Gasteiger partial charge in [0.25, 0.3) is 0 Å². The minimum Gasteiger partial charge on any atom is -0.454 e. The van der Waals surface area contributed by atoms with Gasteiger partial charge in [-0.2, -0.15) is 0 Å². The van der Waals surface area contributed by atoms with E-state index < -0.39 is 0 Å². The lowest BCUT2D eigenvalue weighted by atomic mass is 10.0. The average molecular weight is 719 g/mol. The molecule has 0 spiro atoms. The Morgan fingerprint density at radius 3 is 1.91 bits per heavy atom. The zero-order chi connectivity index (χ0) is 37.0. The molecular weight excluding hydrogens is 685 g/mol. The van der Waals surface area contributed by atoms with Gasteiger partial charge in [0.1, 0.15) is 17.6 Å². The first-order valence-electron chi connectivity index (χ1n) is 18.9. The Labute approximate surface area is 323 Å². The molecule has 0 amide bonds. The number of nitrogens with zero attached hydrogens (tertiary/aromatic N) is 3. The molecular formula is C51H34N4O. The molecule has 1 atom stereocenters. The van der Waals surface area contributed by atoms with Gasteiger partial charge < -0.3 is 14.3 Å². The van der Waals surface area contributed by atoms with Crippen LogP contribution in [0.25, 0.3) is 71.7 Å². The summed E-state index contributed by atoms with van der Waals surface area (Å²) >= 11 is 0. The first-order valence-corrected chi connectivity index (χ1v) is 18.9. The molecule has 0 radical (unpaired) electrons. The molecule has 1 N–H and O–H groups in total. The van der Waals surface area contributed by atoms with Gasteiger partial charge in [0.05, 0.1) is 16.7 Å². The van der Waals surface area contributed by atoms with Crippen molar-refractivity contribution in [2.45, 2.75) is 6.17 Å². The van der Waals surface area contributed by atoms with Gasteiger partial charge in [-0.05, 0) is 58.1 Å². The predicted octanol–water partition coefficient (Wildman–Crippen LogP) is 12.5. The summed E-state index contributed by atoms with van der Waals surface area (Å²) in [4.78, 5) is 10.7. The summed E-state index contributed by atoms with van der Waals surface area (Å²) in [6.45, 7) is 0. The zero-order valence-corrected chi connectivity index (χ0v) is 30.3. The number of fused-ring (bicyclic) bond motifs is 6. The van der Waals surface area contributed by atoms with E-state index in [0.717, 1.165) is 88.6 Å². The summed E-state index contributed by atoms with van der Waals surface area (Å²) in [7, 11) is 0. The summed E-state index contributed by atoms with van der Waals surface area (Å²) in [6, 6.07) is 67.9. The van der Waals surface area contributed by atoms with E-state index in [0.29, 0.717) is 5.84 Å². The molecule has 1 aliphatic rings. The standard InChI is InChI=1S/C51H34N4O/c1-3-14-33(15-4-1)35-28-30-36(31-29-35)49-52-50(38-19-11-18-37(32-38)34-16-5-2-6-17-34)54-51(53-49)42-23-13-25-44-47(42)41-21-7-9-24-43(41)55(44)45-26-12-22-40-39-20-8-10-27-46(39)56-48(40)45/h1-32,50H,(H,52,53,54). The minimum absolute atomic E-state index is 0.372. The molecule has 3 heterocycles. The van der Waals surface area contributed by atoms with E-state index in [9.17, 15) is 0 Å².